The Bertz CT molecular complexity index is 1040. The van der Waals surface area contributed by atoms with E-state index in [0.717, 1.165) is 17.7 Å². The van der Waals surface area contributed by atoms with Crippen LogP contribution in [0, 0.1) is 10.1 Å². The van der Waals surface area contributed by atoms with E-state index < -0.39 is 25.7 Å². The Morgan fingerprint density at radius 3 is 2.23 bits per heavy atom. The number of nitrogens with zero attached hydrogens (tertiary/aromatic N) is 1. The predicted molar refractivity (Wildman–Crippen MR) is 116 cm³/mol. The van der Waals surface area contributed by atoms with Crippen LogP contribution < -0.4 is 5.19 Å². The van der Waals surface area contributed by atoms with Crippen LogP contribution in [0.15, 0.2) is 84.9 Å². The van der Waals surface area contributed by atoms with Gasteiger partial charge in [0.15, 0.2) is 0 Å². The Balaban J connectivity index is 1.80. The molecule has 0 fully saturated rings. The van der Waals surface area contributed by atoms with Gasteiger partial charge in [0.05, 0.1) is 22.7 Å². The predicted octanol–water partition coefficient (Wildman–Crippen LogP) is 5.47. The Labute approximate surface area is 179 Å². The molecule has 8 heteroatoms. The van der Waals surface area contributed by atoms with Gasteiger partial charge in [0.25, 0.3) is 5.69 Å². The van der Waals surface area contributed by atoms with Crippen LogP contribution in [0.1, 0.15) is 16.7 Å². The summed E-state index contributed by atoms with van der Waals surface area (Å²) < 4.78 is 44.8. The minimum absolute atomic E-state index is 0.0221. The van der Waals surface area contributed by atoms with Crippen LogP contribution in [0.3, 0.4) is 0 Å². The Kier molecular flexibility index (Phi) is 7.38. The van der Waals surface area contributed by atoms with Gasteiger partial charge in [0, 0.05) is 6.07 Å². The summed E-state index contributed by atoms with van der Waals surface area (Å²) in [5.74, 6) is 0. The highest BCUT2D eigenvalue weighted by atomic mass is 28.3. The first-order valence-electron chi connectivity index (χ1n) is 9.57. The van der Waals surface area contributed by atoms with Gasteiger partial charge in [-0.05, 0) is 22.9 Å². The normalized spacial score (nSPS) is 12.7. The molecule has 0 N–H and O–H groups in total. The molecule has 0 aliphatic heterocycles. The van der Waals surface area contributed by atoms with Crippen molar-refractivity contribution in [3.63, 3.8) is 0 Å². The summed E-state index contributed by atoms with van der Waals surface area (Å²) in [5.41, 5.74) is 0.676. The Hall–Kier alpha value is -3.23. The lowest BCUT2D eigenvalue weighted by Crippen LogP contribution is -2.33. The number of halogens is 3. The van der Waals surface area contributed by atoms with Crippen molar-refractivity contribution >= 4 is 26.0 Å². The van der Waals surface area contributed by atoms with Crippen molar-refractivity contribution in [3.05, 3.63) is 112 Å². The second-order valence-electron chi connectivity index (χ2n) is 6.85. The topological polar surface area (TPSA) is 52.4 Å². The third-order valence-corrected chi connectivity index (χ3v) is 7.10. The molecule has 3 aromatic carbocycles. The molecule has 160 valence electrons. The largest absolute Gasteiger partial charge is 0.416 e. The number of rotatable bonds is 8. The van der Waals surface area contributed by atoms with Gasteiger partial charge in [-0.15, -0.1) is 0 Å². The van der Waals surface area contributed by atoms with E-state index in [4.69, 9.17) is 4.43 Å². The molecule has 0 bridgehead atoms. The molecule has 0 radical (unpaired) electrons. The van der Waals surface area contributed by atoms with E-state index in [2.05, 4.69) is 0 Å². The minimum atomic E-state index is -4.41. The third kappa shape index (κ3) is 6.37. The molecule has 3 aromatic rings. The maximum Gasteiger partial charge on any atom is 0.416 e. The van der Waals surface area contributed by atoms with E-state index in [-0.39, 0.29) is 12.3 Å². The fraction of sp³-hybridized carbons (Fsp3) is 0.130. The zero-order valence-electron chi connectivity index (χ0n) is 16.5. The fourth-order valence-electron chi connectivity index (χ4n) is 3.08. The van der Waals surface area contributed by atoms with Crippen molar-refractivity contribution in [2.24, 2.45) is 0 Å². The third-order valence-electron chi connectivity index (χ3n) is 4.70. The molecule has 4 nitrogen and oxygen atoms in total. The molecule has 0 saturated heterocycles. The first kappa shape index (κ1) is 22.5. The molecule has 1 unspecified atom stereocenters. The van der Waals surface area contributed by atoms with Gasteiger partial charge >= 0.3 is 6.18 Å². The summed E-state index contributed by atoms with van der Waals surface area (Å²) in [4.78, 5) is 10.8. The molecule has 0 aliphatic carbocycles. The van der Waals surface area contributed by atoms with Gasteiger partial charge in [-0.3, -0.25) is 10.1 Å². The molecule has 0 saturated carbocycles. The first-order chi connectivity index (χ1) is 14.8. The lowest BCUT2D eigenvalue weighted by Gasteiger charge is -2.16. The van der Waals surface area contributed by atoms with Crippen LogP contribution in [0.25, 0.3) is 6.08 Å². The Morgan fingerprint density at radius 1 is 0.935 bits per heavy atom. The van der Waals surface area contributed by atoms with Gasteiger partial charge in [-0.2, -0.15) is 13.2 Å². The average molecular weight is 443 g/mol. The van der Waals surface area contributed by atoms with Crippen molar-refractivity contribution in [1.82, 2.24) is 0 Å². The highest BCUT2D eigenvalue weighted by molar-refractivity contribution is 6.67. The summed E-state index contributed by atoms with van der Waals surface area (Å²) in [6.45, 7) is 0.0221. The molecule has 0 spiro atoms. The number of allylic oxidation sites excluding steroid dienone is 1. The quantitative estimate of drug-likeness (QED) is 0.263. The summed E-state index contributed by atoms with van der Waals surface area (Å²) in [7, 11) is -2.21. The number of nitro benzene ring substituents is 1. The number of alkyl halides is 3. The van der Waals surface area contributed by atoms with Crippen LogP contribution in [0.4, 0.5) is 18.9 Å². The number of hydrogen-bond acceptors (Lipinski definition) is 3. The van der Waals surface area contributed by atoms with Crippen LogP contribution in [-0.4, -0.2) is 14.0 Å². The second kappa shape index (κ2) is 10.2. The smallest absolute Gasteiger partial charge is 0.411 e. The zero-order chi connectivity index (χ0) is 22.3. The summed E-state index contributed by atoms with van der Waals surface area (Å²) in [6.07, 6.45) is -0.546. The Morgan fingerprint density at radius 2 is 1.58 bits per heavy atom. The molecule has 31 heavy (non-hydrogen) atoms. The summed E-state index contributed by atoms with van der Waals surface area (Å²) in [5, 5.41) is 11.9. The van der Waals surface area contributed by atoms with Gasteiger partial charge in [-0.1, -0.05) is 78.9 Å². The molecule has 0 heterocycles. The first-order valence-corrected chi connectivity index (χ1v) is 11.4. The van der Waals surface area contributed by atoms with Crippen LogP contribution in [-0.2, 0) is 17.2 Å². The monoisotopic (exact) mass is 443 g/mol. The summed E-state index contributed by atoms with van der Waals surface area (Å²) in [6, 6.07) is 21.4. The molecular formula is C23H20F3NO3Si. The molecular weight excluding hydrogens is 423 g/mol. The average Bonchev–Trinajstić information content (AvgIpc) is 2.76. The van der Waals surface area contributed by atoms with E-state index in [1.807, 2.05) is 42.5 Å². The van der Waals surface area contributed by atoms with E-state index >= 15 is 0 Å². The minimum Gasteiger partial charge on any atom is -0.411 e. The number of benzene rings is 3. The fourth-order valence-corrected chi connectivity index (χ4v) is 5.07. The van der Waals surface area contributed by atoms with Gasteiger partial charge < -0.3 is 4.43 Å². The molecule has 0 amide bonds. The lowest BCUT2D eigenvalue weighted by atomic mass is 10.2. The maximum absolute atomic E-state index is 12.9. The van der Waals surface area contributed by atoms with Gasteiger partial charge in [-0.25, -0.2) is 0 Å². The van der Waals surface area contributed by atoms with E-state index in [9.17, 15) is 23.3 Å². The van der Waals surface area contributed by atoms with Crippen molar-refractivity contribution in [1.29, 1.82) is 0 Å². The van der Waals surface area contributed by atoms with E-state index in [1.54, 1.807) is 18.2 Å². The SMILES string of the molecule is O=[N+]([O-])c1ccccc1CO[SiH](CC=Cc1ccccc1)c1ccc(C(F)(F)F)cc1. The molecule has 1 atom stereocenters. The highest BCUT2D eigenvalue weighted by Crippen LogP contribution is 2.28. The van der Waals surface area contributed by atoms with Gasteiger partial charge in [0.2, 0.25) is 9.04 Å². The number of nitro groups is 1. The van der Waals surface area contributed by atoms with E-state index in [0.29, 0.717) is 16.8 Å². The maximum atomic E-state index is 12.9. The van der Waals surface area contributed by atoms with Crippen molar-refractivity contribution in [2.75, 3.05) is 0 Å². The second-order valence-corrected chi connectivity index (χ2v) is 9.30. The van der Waals surface area contributed by atoms with Crippen molar-refractivity contribution < 1.29 is 22.5 Å². The van der Waals surface area contributed by atoms with Crippen LogP contribution >= 0.6 is 0 Å². The molecule has 3 rings (SSSR count). The number of hydrogen-bond donors (Lipinski definition) is 0. The zero-order valence-corrected chi connectivity index (χ0v) is 17.6. The lowest BCUT2D eigenvalue weighted by molar-refractivity contribution is -0.385. The number of para-hydroxylation sites is 1. The highest BCUT2D eigenvalue weighted by Gasteiger charge is 2.30. The van der Waals surface area contributed by atoms with Crippen LogP contribution in [0.2, 0.25) is 6.04 Å². The van der Waals surface area contributed by atoms with E-state index in [1.165, 1.54) is 18.2 Å². The van der Waals surface area contributed by atoms with Crippen molar-refractivity contribution in [2.45, 2.75) is 18.8 Å². The summed E-state index contributed by atoms with van der Waals surface area (Å²) >= 11 is 0. The van der Waals surface area contributed by atoms with Crippen LogP contribution in [0.5, 0.6) is 0 Å². The molecule has 0 aromatic heterocycles. The molecule has 0 aliphatic rings. The van der Waals surface area contributed by atoms with Crippen molar-refractivity contribution in [3.8, 4) is 0 Å². The standard InChI is InChI=1S/C23H20F3NO3Si/c24-23(25,26)20-12-14-21(15-13-20)31(16-6-9-18-7-2-1-3-8-18)30-17-19-10-4-5-11-22(19)27(28)29/h1-15,31H,16-17H2. The van der Waals surface area contributed by atoms with Gasteiger partial charge in [0.1, 0.15) is 0 Å².